The summed E-state index contributed by atoms with van der Waals surface area (Å²) in [5, 5.41) is 17.6. The third kappa shape index (κ3) is 4.75. The molecule has 0 aliphatic carbocycles. The molecule has 0 unspecified atom stereocenters. The first-order valence-electron chi connectivity index (χ1n) is 13.0. The number of carbonyl (C=O) groups excluding carboxylic acids is 2. The van der Waals surface area contributed by atoms with Crippen molar-refractivity contribution >= 4 is 29.1 Å². The molecule has 1 aromatic carbocycles. The Morgan fingerprint density at radius 2 is 2.00 bits per heavy atom. The number of amides is 2. The van der Waals surface area contributed by atoms with Crippen LogP contribution >= 0.6 is 11.6 Å². The number of halogens is 1. The number of hydrogen-bond acceptors (Lipinski definition) is 5. The number of carbonyl (C=O) groups is 2. The summed E-state index contributed by atoms with van der Waals surface area (Å²) in [6.07, 6.45) is 5.59. The van der Waals surface area contributed by atoms with Gasteiger partial charge in [-0.15, -0.1) is 0 Å². The van der Waals surface area contributed by atoms with Crippen LogP contribution in [0.4, 0.5) is 5.69 Å². The van der Waals surface area contributed by atoms with Gasteiger partial charge < -0.3 is 25.5 Å². The molecule has 1 saturated heterocycles. The Morgan fingerprint density at radius 3 is 2.58 bits per heavy atom. The van der Waals surface area contributed by atoms with Crippen LogP contribution in [-0.4, -0.2) is 53.6 Å². The average Bonchev–Trinajstić information content (AvgIpc) is 3.06. The smallest absolute Gasteiger partial charge is 0.254 e. The van der Waals surface area contributed by atoms with Gasteiger partial charge in [-0.3, -0.25) is 9.59 Å². The topological polar surface area (TPSA) is 84.9 Å². The number of likely N-dealkylation sites (tertiary alicyclic amines) is 1. The van der Waals surface area contributed by atoms with Gasteiger partial charge in [0.25, 0.3) is 5.91 Å². The highest BCUT2D eigenvalue weighted by Crippen LogP contribution is 2.52. The van der Waals surface area contributed by atoms with E-state index >= 15 is 0 Å². The molecule has 0 saturated carbocycles. The maximum atomic E-state index is 14.0. The molecule has 36 heavy (non-hydrogen) atoms. The van der Waals surface area contributed by atoms with Crippen LogP contribution in [0.15, 0.2) is 35.3 Å². The molecule has 1 aromatic rings. The number of benzene rings is 1. The largest absolute Gasteiger partial charge is 0.389 e. The second kappa shape index (κ2) is 10.1. The highest BCUT2D eigenvalue weighted by atomic mass is 35.5. The molecule has 0 radical (unpaired) electrons. The van der Waals surface area contributed by atoms with Crippen LogP contribution in [0.3, 0.4) is 0 Å². The summed E-state index contributed by atoms with van der Waals surface area (Å²) in [4.78, 5) is 31.0. The number of aliphatic hydroxyl groups is 1. The summed E-state index contributed by atoms with van der Waals surface area (Å²) in [6.45, 7) is 11.7. The van der Waals surface area contributed by atoms with E-state index in [0.29, 0.717) is 31.0 Å². The number of β-amino-alcohol motifs (C(OH)–C–C–N with tert-alkyl or cyclic N) is 1. The lowest BCUT2D eigenvalue weighted by Crippen LogP contribution is -2.52. The lowest BCUT2D eigenvalue weighted by Gasteiger charge is -2.41. The minimum absolute atomic E-state index is 0.0159. The summed E-state index contributed by atoms with van der Waals surface area (Å²) < 4.78 is 0. The van der Waals surface area contributed by atoms with Gasteiger partial charge in [-0.05, 0) is 77.5 Å². The second-order valence-electron chi connectivity index (χ2n) is 10.8. The van der Waals surface area contributed by atoms with E-state index < -0.39 is 11.0 Å². The Hall–Kier alpha value is -2.51. The van der Waals surface area contributed by atoms with Crippen molar-refractivity contribution in [3.05, 3.63) is 51.4 Å². The first-order chi connectivity index (χ1) is 17.0. The van der Waals surface area contributed by atoms with Crippen LogP contribution in [0.2, 0.25) is 5.02 Å². The van der Waals surface area contributed by atoms with Crippen LogP contribution in [0.5, 0.6) is 0 Å². The molecule has 0 bridgehead atoms. The number of anilines is 1. The predicted molar refractivity (Wildman–Crippen MR) is 144 cm³/mol. The molecular weight excluding hydrogens is 476 g/mol. The summed E-state index contributed by atoms with van der Waals surface area (Å²) >= 11 is 6.78. The minimum Gasteiger partial charge on any atom is -0.389 e. The monoisotopic (exact) mass is 514 g/mol. The van der Waals surface area contributed by atoms with Crippen molar-refractivity contribution in [1.29, 1.82) is 0 Å². The lowest BCUT2D eigenvalue weighted by molar-refractivity contribution is -0.125. The Balaban J connectivity index is 1.59. The predicted octanol–water partition coefficient (Wildman–Crippen LogP) is 3.99. The molecule has 2 amide bonds. The van der Waals surface area contributed by atoms with E-state index in [4.69, 9.17) is 11.6 Å². The second-order valence-corrected chi connectivity index (χ2v) is 11.2. The number of allylic oxidation sites excluding steroid dienone is 2. The fourth-order valence-electron chi connectivity index (χ4n) is 5.90. The van der Waals surface area contributed by atoms with Crippen molar-refractivity contribution in [2.24, 2.45) is 0 Å². The van der Waals surface area contributed by atoms with Gasteiger partial charge in [-0.2, -0.15) is 0 Å². The van der Waals surface area contributed by atoms with Crippen molar-refractivity contribution in [3.63, 3.8) is 0 Å². The van der Waals surface area contributed by atoms with E-state index in [-0.39, 0.29) is 18.4 Å². The van der Waals surface area contributed by atoms with E-state index in [1.807, 2.05) is 32.1 Å². The van der Waals surface area contributed by atoms with Gasteiger partial charge in [-0.1, -0.05) is 24.6 Å². The van der Waals surface area contributed by atoms with E-state index in [0.717, 1.165) is 59.7 Å². The van der Waals surface area contributed by atoms with Crippen LogP contribution in [0, 0.1) is 0 Å². The van der Waals surface area contributed by atoms with E-state index in [1.54, 1.807) is 18.7 Å². The molecule has 3 aliphatic rings. The molecule has 3 aliphatic heterocycles. The molecule has 1 fully saturated rings. The molecule has 7 nitrogen and oxygen atoms in total. The van der Waals surface area contributed by atoms with Gasteiger partial charge >= 0.3 is 0 Å². The zero-order chi connectivity index (χ0) is 26.3. The number of nitrogens with zero attached hydrogens (tertiary/aromatic N) is 2. The summed E-state index contributed by atoms with van der Waals surface area (Å²) in [5.41, 5.74) is 2.82. The molecule has 3 heterocycles. The number of nitrogens with one attached hydrogen (secondary N) is 2. The molecule has 1 spiro atoms. The lowest BCUT2D eigenvalue weighted by atomic mass is 9.73. The molecule has 3 N–H and O–H groups in total. The zero-order valence-corrected chi connectivity index (χ0v) is 22.9. The Morgan fingerprint density at radius 1 is 1.31 bits per heavy atom. The number of aryl methyl sites for hydroxylation is 1. The Labute approximate surface area is 219 Å². The summed E-state index contributed by atoms with van der Waals surface area (Å²) in [6, 6.07) is 3.89. The van der Waals surface area contributed by atoms with Crippen molar-refractivity contribution in [2.75, 3.05) is 31.1 Å². The fraction of sp³-hybridized carbons (Fsp3) is 0.571. The number of hydrogen-bond donors (Lipinski definition) is 3. The van der Waals surface area contributed by atoms with Crippen LogP contribution in [0.25, 0.3) is 0 Å². The standard InChI is InChI=1S/C28H39ClN4O3/c1-6-19-10-11-21(29)23-24(19)33(17-27(4,5)36)26(35)28(23)12-15-32(16-13-28)22(7-2)31-25(34)20-9-8-14-30-18(20)3/h7,10-11,30,36H,6,8-9,12-17H2,1-5H3,(H,31,34)/b22-7+. The maximum absolute atomic E-state index is 14.0. The highest BCUT2D eigenvalue weighted by molar-refractivity contribution is 6.33. The highest BCUT2D eigenvalue weighted by Gasteiger charge is 2.54. The van der Waals surface area contributed by atoms with Gasteiger partial charge in [0.2, 0.25) is 5.91 Å². The van der Waals surface area contributed by atoms with Gasteiger partial charge in [0.05, 0.1) is 23.2 Å². The van der Waals surface area contributed by atoms with Gasteiger partial charge in [0, 0.05) is 41.5 Å². The van der Waals surface area contributed by atoms with Gasteiger partial charge in [-0.25, -0.2) is 0 Å². The summed E-state index contributed by atoms with van der Waals surface area (Å²) in [5.74, 6) is 0.720. The SMILES string of the molecule is C/C=C(\NC(=O)C1=C(C)NCCC1)N1CCC2(CC1)C(=O)N(CC(C)(C)O)c1c(CC)ccc(Cl)c12. The van der Waals surface area contributed by atoms with E-state index in [9.17, 15) is 14.7 Å². The molecule has 196 valence electrons. The molecule has 4 rings (SSSR count). The van der Waals surface area contributed by atoms with Crippen LogP contribution < -0.4 is 15.5 Å². The van der Waals surface area contributed by atoms with Crippen molar-refractivity contribution in [1.82, 2.24) is 15.5 Å². The quantitative estimate of drug-likeness (QED) is 0.534. The van der Waals surface area contributed by atoms with E-state index in [2.05, 4.69) is 22.5 Å². The number of rotatable bonds is 6. The first kappa shape index (κ1) is 26.6. The molecule has 0 aromatic heterocycles. The van der Waals surface area contributed by atoms with Crippen molar-refractivity contribution < 1.29 is 14.7 Å². The number of piperidine rings is 1. The van der Waals surface area contributed by atoms with Gasteiger partial charge in [0.1, 0.15) is 5.82 Å². The van der Waals surface area contributed by atoms with Crippen molar-refractivity contribution in [2.45, 2.75) is 77.7 Å². The Bertz CT molecular complexity index is 1110. The fourth-order valence-corrected chi connectivity index (χ4v) is 6.23. The molecule has 0 atom stereocenters. The Kier molecular flexibility index (Phi) is 7.45. The van der Waals surface area contributed by atoms with Crippen molar-refractivity contribution in [3.8, 4) is 0 Å². The van der Waals surface area contributed by atoms with Crippen LogP contribution in [0.1, 0.15) is 71.4 Å². The maximum Gasteiger partial charge on any atom is 0.254 e. The third-order valence-electron chi connectivity index (χ3n) is 7.73. The molecule has 8 heteroatoms. The van der Waals surface area contributed by atoms with E-state index in [1.165, 1.54) is 0 Å². The average molecular weight is 515 g/mol. The van der Waals surface area contributed by atoms with Crippen LogP contribution in [-0.2, 0) is 21.4 Å². The normalized spacial score (nSPS) is 20.1. The zero-order valence-electron chi connectivity index (χ0n) is 22.1. The van der Waals surface area contributed by atoms with Gasteiger partial charge in [0.15, 0.2) is 0 Å². The number of fused-ring (bicyclic) bond motifs is 2. The first-order valence-corrected chi connectivity index (χ1v) is 13.4. The summed E-state index contributed by atoms with van der Waals surface area (Å²) in [7, 11) is 0. The minimum atomic E-state index is -1.03. The third-order valence-corrected chi connectivity index (χ3v) is 8.05. The molecular formula is C28H39ClN4O3.